The highest BCUT2D eigenvalue weighted by Gasteiger charge is 2.34. The quantitative estimate of drug-likeness (QED) is 0.242. The zero-order valence-electron chi connectivity index (χ0n) is 20.6. The van der Waals surface area contributed by atoms with Gasteiger partial charge in [-0.2, -0.15) is 24.9 Å². The van der Waals surface area contributed by atoms with Crippen LogP contribution in [0.2, 0.25) is 0 Å². The summed E-state index contributed by atoms with van der Waals surface area (Å²) in [5.74, 6) is 2.47. The van der Waals surface area contributed by atoms with E-state index >= 15 is 0 Å². The lowest BCUT2D eigenvalue weighted by atomic mass is 10.0. The Balaban J connectivity index is 1.62. The Kier molecular flexibility index (Phi) is 9.57. The molecule has 0 bridgehead atoms. The molecule has 3 rings (SSSR count). The molecule has 34 heavy (non-hydrogen) atoms. The lowest BCUT2D eigenvalue weighted by Crippen LogP contribution is -2.14. The fourth-order valence-corrected chi connectivity index (χ4v) is 5.79. The minimum atomic E-state index is -4.59. The van der Waals surface area contributed by atoms with Crippen LogP contribution in [-0.2, 0) is 12.7 Å². The van der Waals surface area contributed by atoms with E-state index in [1.54, 1.807) is 6.07 Å². The summed E-state index contributed by atoms with van der Waals surface area (Å²) in [4.78, 5) is 14.4. The van der Waals surface area contributed by atoms with E-state index in [2.05, 4.69) is 28.2 Å². The standard InChI is InChI=1S/C27H37F3N2OS/c1-4-5-6-8-11-16-34-17-12-9-7-10-15-32-20(3)19(2)25-23(32)14-13-22-26(25)21(27(28,29)30)18-24(33)31-22/h13-14,18H,4-12,15-17H2,1-3H3,(H,31,33). The molecule has 0 aliphatic heterocycles. The van der Waals surface area contributed by atoms with Crippen molar-refractivity contribution in [1.29, 1.82) is 0 Å². The second-order valence-corrected chi connectivity index (χ2v) is 10.5. The van der Waals surface area contributed by atoms with Gasteiger partial charge in [-0.3, -0.25) is 4.79 Å². The number of hydrogen-bond donors (Lipinski definition) is 1. The Morgan fingerprint density at radius 3 is 2.21 bits per heavy atom. The average molecular weight is 495 g/mol. The number of pyridine rings is 1. The van der Waals surface area contributed by atoms with Gasteiger partial charge in [-0.05, 0) is 62.3 Å². The molecule has 0 unspecified atom stereocenters. The highest BCUT2D eigenvalue weighted by molar-refractivity contribution is 7.99. The molecule has 0 amide bonds. The van der Waals surface area contributed by atoms with Gasteiger partial charge in [0.05, 0.1) is 5.56 Å². The molecule has 7 heteroatoms. The van der Waals surface area contributed by atoms with Gasteiger partial charge in [0.1, 0.15) is 0 Å². The van der Waals surface area contributed by atoms with Crippen LogP contribution in [0.25, 0.3) is 21.8 Å². The number of H-pyrrole nitrogens is 1. The summed E-state index contributed by atoms with van der Waals surface area (Å²) >= 11 is 2.06. The van der Waals surface area contributed by atoms with Crippen LogP contribution in [0.5, 0.6) is 0 Å². The van der Waals surface area contributed by atoms with E-state index in [0.29, 0.717) is 11.5 Å². The second kappa shape index (κ2) is 12.2. The number of unbranched alkanes of at least 4 members (excludes halogenated alkanes) is 7. The van der Waals surface area contributed by atoms with Gasteiger partial charge in [0, 0.05) is 40.1 Å². The first-order valence-electron chi connectivity index (χ1n) is 12.6. The van der Waals surface area contributed by atoms with Gasteiger partial charge in [-0.15, -0.1) is 0 Å². The second-order valence-electron chi connectivity index (χ2n) is 9.23. The first-order chi connectivity index (χ1) is 16.3. The van der Waals surface area contributed by atoms with Gasteiger partial charge in [0.15, 0.2) is 0 Å². The number of fused-ring (bicyclic) bond motifs is 3. The summed E-state index contributed by atoms with van der Waals surface area (Å²) in [5, 5.41) is 0.685. The molecule has 0 radical (unpaired) electrons. The fourth-order valence-electron chi connectivity index (χ4n) is 4.77. The third-order valence-corrected chi connectivity index (χ3v) is 7.87. The van der Waals surface area contributed by atoms with E-state index in [4.69, 9.17) is 0 Å². The summed E-state index contributed by atoms with van der Waals surface area (Å²) in [5.41, 5.74) is 1.27. The van der Waals surface area contributed by atoms with Gasteiger partial charge in [0.25, 0.3) is 0 Å². The van der Waals surface area contributed by atoms with Crippen LogP contribution in [0.4, 0.5) is 13.2 Å². The molecule has 0 aliphatic rings. The van der Waals surface area contributed by atoms with Crippen molar-refractivity contribution in [3.63, 3.8) is 0 Å². The van der Waals surface area contributed by atoms with E-state index in [1.165, 1.54) is 56.5 Å². The maximum Gasteiger partial charge on any atom is 0.417 e. The summed E-state index contributed by atoms with van der Waals surface area (Å²) in [6.45, 7) is 6.87. The molecule has 0 aliphatic carbocycles. The minimum Gasteiger partial charge on any atom is -0.345 e. The van der Waals surface area contributed by atoms with Crippen molar-refractivity contribution >= 4 is 33.6 Å². The number of nitrogens with zero attached hydrogens (tertiary/aromatic N) is 1. The molecule has 2 heterocycles. The molecule has 188 valence electrons. The van der Waals surface area contributed by atoms with Crippen molar-refractivity contribution in [3.8, 4) is 0 Å². The number of thioether (sulfide) groups is 1. The minimum absolute atomic E-state index is 0.0932. The monoisotopic (exact) mass is 494 g/mol. The Bertz CT molecular complexity index is 1150. The molecule has 1 N–H and O–H groups in total. The van der Waals surface area contributed by atoms with Gasteiger partial charge in [0.2, 0.25) is 5.56 Å². The van der Waals surface area contributed by atoms with Crippen molar-refractivity contribution in [2.24, 2.45) is 0 Å². The van der Waals surface area contributed by atoms with Gasteiger partial charge >= 0.3 is 6.18 Å². The third-order valence-electron chi connectivity index (χ3n) is 6.72. The van der Waals surface area contributed by atoms with Gasteiger partial charge in [-0.1, -0.05) is 45.4 Å². The highest BCUT2D eigenvalue weighted by Crippen LogP contribution is 2.39. The topological polar surface area (TPSA) is 37.8 Å². The zero-order chi connectivity index (χ0) is 24.7. The average Bonchev–Trinajstić information content (AvgIpc) is 3.03. The molecule has 3 nitrogen and oxygen atoms in total. The van der Waals surface area contributed by atoms with E-state index < -0.39 is 17.3 Å². The van der Waals surface area contributed by atoms with Crippen LogP contribution in [0.15, 0.2) is 23.0 Å². The lowest BCUT2D eigenvalue weighted by molar-refractivity contribution is -0.136. The highest BCUT2D eigenvalue weighted by atomic mass is 32.2. The fraction of sp³-hybridized carbons (Fsp3) is 0.593. The number of aromatic amines is 1. The van der Waals surface area contributed by atoms with Crippen LogP contribution < -0.4 is 5.56 Å². The molecule has 0 saturated carbocycles. The van der Waals surface area contributed by atoms with Gasteiger partial charge in [-0.25, -0.2) is 0 Å². The van der Waals surface area contributed by atoms with Crippen LogP contribution >= 0.6 is 11.8 Å². The van der Waals surface area contributed by atoms with Crippen molar-refractivity contribution in [2.45, 2.75) is 91.3 Å². The van der Waals surface area contributed by atoms with Crippen LogP contribution in [-0.4, -0.2) is 21.1 Å². The summed E-state index contributed by atoms with van der Waals surface area (Å²) in [7, 11) is 0. The number of aromatic nitrogens is 2. The largest absolute Gasteiger partial charge is 0.417 e. The molecular formula is C27H37F3N2OS. The Morgan fingerprint density at radius 2 is 1.56 bits per heavy atom. The van der Waals surface area contributed by atoms with Crippen molar-refractivity contribution < 1.29 is 13.2 Å². The number of halogens is 3. The molecule has 0 saturated heterocycles. The first-order valence-corrected chi connectivity index (χ1v) is 13.7. The van der Waals surface area contributed by atoms with Crippen LogP contribution in [0, 0.1) is 13.8 Å². The molecule has 0 atom stereocenters. The van der Waals surface area contributed by atoms with E-state index in [-0.39, 0.29) is 10.9 Å². The number of nitrogens with one attached hydrogen (secondary N) is 1. The number of aryl methyl sites for hydroxylation is 2. The Morgan fingerprint density at radius 1 is 0.912 bits per heavy atom. The number of alkyl halides is 3. The van der Waals surface area contributed by atoms with E-state index in [9.17, 15) is 18.0 Å². The molecule has 2 aromatic heterocycles. The third kappa shape index (κ3) is 6.41. The summed E-state index contributed by atoms with van der Waals surface area (Å²) in [6, 6.07) is 4.12. The van der Waals surface area contributed by atoms with Gasteiger partial charge < -0.3 is 9.55 Å². The maximum absolute atomic E-state index is 13.8. The zero-order valence-corrected chi connectivity index (χ0v) is 21.4. The molecule has 0 spiro atoms. The smallest absolute Gasteiger partial charge is 0.345 e. The van der Waals surface area contributed by atoms with Crippen molar-refractivity contribution in [1.82, 2.24) is 9.55 Å². The van der Waals surface area contributed by atoms with Crippen molar-refractivity contribution in [3.05, 3.63) is 45.4 Å². The summed E-state index contributed by atoms with van der Waals surface area (Å²) in [6.07, 6.45) is 6.59. The van der Waals surface area contributed by atoms with E-state index in [0.717, 1.165) is 36.2 Å². The molecular weight excluding hydrogens is 457 g/mol. The van der Waals surface area contributed by atoms with E-state index in [1.807, 2.05) is 19.9 Å². The summed E-state index contributed by atoms with van der Waals surface area (Å²) < 4.78 is 43.5. The first kappa shape index (κ1) is 26.7. The SMILES string of the molecule is CCCCCCCSCCCCCCn1c(C)c(C)c2c3c(C(F)(F)F)cc(=O)[nH]c3ccc21. The Hall–Kier alpha value is -1.89. The van der Waals surface area contributed by atoms with Crippen LogP contribution in [0.1, 0.15) is 81.5 Å². The lowest BCUT2D eigenvalue weighted by Gasteiger charge is -2.12. The normalized spacial score (nSPS) is 12.3. The number of rotatable bonds is 13. The van der Waals surface area contributed by atoms with Crippen molar-refractivity contribution in [2.75, 3.05) is 11.5 Å². The maximum atomic E-state index is 13.8. The predicted molar refractivity (Wildman–Crippen MR) is 139 cm³/mol. The molecule has 3 aromatic rings. The number of benzene rings is 1. The predicted octanol–water partition coefficient (Wildman–Crippen LogP) is 8.38. The Labute approximate surface area is 204 Å². The molecule has 1 aromatic carbocycles. The molecule has 0 fully saturated rings. The van der Waals surface area contributed by atoms with Crippen LogP contribution in [0.3, 0.4) is 0 Å². The number of hydrogen-bond acceptors (Lipinski definition) is 2.